The highest BCUT2D eigenvalue weighted by Crippen LogP contribution is 2.20. The molecule has 0 bridgehead atoms. The van der Waals surface area contributed by atoms with E-state index in [1.54, 1.807) is 0 Å². The van der Waals surface area contributed by atoms with Crippen LogP contribution in [-0.4, -0.2) is 25.7 Å². The molecular weight excluding hydrogens is 177 g/mol. The van der Waals surface area contributed by atoms with E-state index >= 15 is 0 Å². The van der Waals surface area contributed by atoms with Gasteiger partial charge in [-0.15, -0.1) is 0 Å². The Kier molecular flexibility index (Phi) is 5.01. The van der Waals surface area contributed by atoms with Gasteiger partial charge < -0.3 is 4.12 Å². The molecule has 0 atom stereocenters. The summed E-state index contributed by atoms with van der Waals surface area (Å²) in [4.78, 5) is 0. The maximum atomic E-state index is 11.5. The van der Waals surface area contributed by atoms with E-state index < -0.39 is 32.1 Å². The van der Waals surface area contributed by atoms with Crippen LogP contribution in [0.15, 0.2) is 0 Å². The fourth-order valence-electron chi connectivity index (χ4n) is 0.519. The highest BCUT2D eigenvalue weighted by molar-refractivity contribution is 6.41. The molecular formula is C4H11F3OSi2. The summed E-state index contributed by atoms with van der Waals surface area (Å²) in [5.41, 5.74) is 0. The van der Waals surface area contributed by atoms with Crippen LogP contribution in [0.25, 0.3) is 0 Å². The van der Waals surface area contributed by atoms with Crippen molar-refractivity contribution in [3.63, 3.8) is 0 Å². The topological polar surface area (TPSA) is 9.23 Å². The normalized spacial score (nSPS) is 14.4. The largest absolute Gasteiger partial charge is 0.465 e. The van der Waals surface area contributed by atoms with Crippen molar-refractivity contribution in [2.45, 2.75) is 25.2 Å². The molecule has 0 saturated carbocycles. The van der Waals surface area contributed by atoms with Gasteiger partial charge in [0.15, 0.2) is 0 Å². The smallest absolute Gasteiger partial charge is 0.388 e. The SMILES string of the molecule is C[SiH2]O[SiH2]CCC(F)(F)F. The van der Waals surface area contributed by atoms with E-state index in [-0.39, 0.29) is 6.04 Å². The minimum Gasteiger partial charge on any atom is -0.465 e. The molecule has 0 aliphatic rings. The third-order valence-electron chi connectivity index (χ3n) is 0.953. The molecule has 0 unspecified atom stereocenters. The van der Waals surface area contributed by atoms with Crippen molar-refractivity contribution in [2.75, 3.05) is 0 Å². The summed E-state index contributed by atoms with van der Waals surface area (Å²) >= 11 is 0. The van der Waals surface area contributed by atoms with Gasteiger partial charge >= 0.3 is 6.18 Å². The quantitative estimate of drug-likeness (QED) is 0.463. The average molecular weight is 188 g/mol. The fourth-order valence-corrected chi connectivity index (χ4v) is 3.04. The summed E-state index contributed by atoms with van der Waals surface area (Å²) in [6.45, 7) is 1.93. The van der Waals surface area contributed by atoms with Gasteiger partial charge in [0.1, 0.15) is 19.5 Å². The molecule has 0 amide bonds. The van der Waals surface area contributed by atoms with Crippen molar-refractivity contribution in [3.8, 4) is 0 Å². The lowest BCUT2D eigenvalue weighted by Crippen LogP contribution is -2.10. The highest BCUT2D eigenvalue weighted by Gasteiger charge is 2.25. The molecule has 62 valence electrons. The Balaban J connectivity index is 3.04. The minimum absolute atomic E-state index is 0.240. The van der Waals surface area contributed by atoms with Gasteiger partial charge in [0.05, 0.1) is 0 Å². The maximum Gasteiger partial charge on any atom is 0.388 e. The molecule has 0 heterocycles. The first-order valence-electron chi connectivity index (χ1n) is 3.20. The molecule has 0 N–H and O–H groups in total. The van der Waals surface area contributed by atoms with Crippen molar-refractivity contribution in [1.29, 1.82) is 0 Å². The molecule has 0 aromatic rings. The van der Waals surface area contributed by atoms with Crippen molar-refractivity contribution in [3.05, 3.63) is 0 Å². The summed E-state index contributed by atoms with van der Waals surface area (Å²) in [5.74, 6) is 0. The summed E-state index contributed by atoms with van der Waals surface area (Å²) in [6.07, 6.45) is -4.64. The van der Waals surface area contributed by atoms with E-state index in [0.29, 0.717) is 0 Å². The molecule has 10 heavy (non-hydrogen) atoms. The average Bonchev–Trinajstić information content (AvgIpc) is 1.78. The zero-order chi connectivity index (χ0) is 8.04. The van der Waals surface area contributed by atoms with E-state index in [1.807, 2.05) is 6.55 Å². The predicted octanol–water partition coefficient (Wildman–Crippen LogP) is 0.589. The third kappa shape index (κ3) is 8.18. The Bertz CT molecular complexity index is 85.1. The molecule has 0 aromatic carbocycles. The maximum absolute atomic E-state index is 11.5. The van der Waals surface area contributed by atoms with Gasteiger partial charge in [0, 0.05) is 6.42 Å². The van der Waals surface area contributed by atoms with E-state index in [4.69, 9.17) is 4.12 Å². The molecule has 0 saturated heterocycles. The van der Waals surface area contributed by atoms with Gasteiger partial charge in [-0.1, -0.05) is 6.55 Å². The van der Waals surface area contributed by atoms with Gasteiger partial charge in [0.25, 0.3) is 0 Å². The fraction of sp³-hybridized carbons (Fsp3) is 1.00. The molecule has 0 aliphatic carbocycles. The second kappa shape index (κ2) is 4.92. The number of alkyl halides is 3. The van der Waals surface area contributed by atoms with Gasteiger partial charge in [-0.2, -0.15) is 13.2 Å². The zero-order valence-corrected chi connectivity index (χ0v) is 8.70. The Labute approximate surface area is 62.8 Å². The van der Waals surface area contributed by atoms with Crippen molar-refractivity contribution >= 4 is 19.5 Å². The first kappa shape index (κ1) is 10.2. The first-order valence-corrected chi connectivity index (χ1v) is 6.77. The lowest BCUT2D eigenvalue weighted by atomic mass is 10.5. The number of rotatable bonds is 4. The van der Waals surface area contributed by atoms with Crippen LogP contribution >= 0.6 is 0 Å². The van der Waals surface area contributed by atoms with Gasteiger partial charge in [0.2, 0.25) is 0 Å². The summed E-state index contributed by atoms with van der Waals surface area (Å²) in [5, 5.41) is 0. The van der Waals surface area contributed by atoms with E-state index in [9.17, 15) is 13.2 Å². The van der Waals surface area contributed by atoms with Crippen LogP contribution < -0.4 is 0 Å². The number of hydrogen-bond donors (Lipinski definition) is 0. The van der Waals surface area contributed by atoms with Crippen molar-refractivity contribution < 1.29 is 17.3 Å². The Morgan fingerprint density at radius 1 is 1.40 bits per heavy atom. The number of halogens is 3. The number of hydrogen-bond acceptors (Lipinski definition) is 1. The van der Waals surface area contributed by atoms with Crippen LogP contribution in [0, 0.1) is 0 Å². The van der Waals surface area contributed by atoms with Crippen LogP contribution in [0.5, 0.6) is 0 Å². The van der Waals surface area contributed by atoms with Crippen LogP contribution in [0.2, 0.25) is 12.6 Å². The Morgan fingerprint density at radius 2 is 2.00 bits per heavy atom. The molecule has 0 rings (SSSR count). The lowest BCUT2D eigenvalue weighted by Gasteiger charge is -2.04. The highest BCUT2D eigenvalue weighted by atomic mass is 28.3. The second-order valence-electron chi connectivity index (χ2n) is 1.92. The monoisotopic (exact) mass is 188 g/mol. The molecule has 0 aromatic heterocycles. The van der Waals surface area contributed by atoms with Crippen LogP contribution in [-0.2, 0) is 4.12 Å². The van der Waals surface area contributed by atoms with Crippen LogP contribution in [0.4, 0.5) is 13.2 Å². The predicted molar refractivity (Wildman–Crippen MR) is 39.5 cm³/mol. The lowest BCUT2D eigenvalue weighted by molar-refractivity contribution is -0.130. The van der Waals surface area contributed by atoms with Gasteiger partial charge in [-0.05, 0) is 6.04 Å². The molecule has 0 radical (unpaired) electrons. The van der Waals surface area contributed by atoms with Gasteiger partial charge in [-0.3, -0.25) is 0 Å². The molecule has 0 fully saturated rings. The molecule has 0 spiro atoms. The summed E-state index contributed by atoms with van der Waals surface area (Å²) in [6, 6.07) is 0.240. The third-order valence-corrected chi connectivity index (χ3v) is 4.38. The van der Waals surface area contributed by atoms with E-state index in [1.165, 1.54) is 0 Å². The standard InChI is InChI=1S/C4H11F3OSi2/c1-9-8-10-3-2-4(5,6)7/h2-3,9-10H2,1H3. The zero-order valence-electron chi connectivity index (χ0n) is 5.87. The van der Waals surface area contributed by atoms with Crippen LogP contribution in [0.3, 0.4) is 0 Å². The van der Waals surface area contributed by atoms with Crippen molar-refractivity contribution in [1.82, 2.24) is 0 Å². The van der Waals surface area contributed by atoms with E-state index in [2.05, 4.69) is 0 Å². The molecule has 1 nitrogen and oxygen atoms in total. The van der Waals surface area contributed by atoms with Gasteiger partial charge in [-0.25, -0.2) is 0 Å². The first-order chi connectivity index (χ1) is 4.56. The summed E-state index contributed by atoms with van der Waals surface area (Å²) in [7, 11) is -1.28. The minimum atomic E-state index is -3.98. The van der Waals surface area contributed by atoms with Crippen LogP contribution in [0.1, 0.15) is 6.42 Å². The molecule has 0 aliphatic heterocycles. The molecule has 6 heteroatoms. The Morgan fingerprint density at radius 3 is 2.40 bits per heavy atom. The van der Waals surface area contributed by atoms with E-state index in [0.717, 1.165) is 0 Å². The summed E-state index contributed by atoms with van der Waals surface area (Å²) < 4.78 is 39.4. The Hall–Kier alpha value is 0.184. The second-order valence-corrected chi connectivity index (χ2v) is 5.24. The van der Waals surface area contributed by atoms with Crippen molar-refractivity contribution in [2.24, 2.45) is 0 Å².